The van der Waals surface area contributed by atoms with Gasteiger partial charge in [0.25, 0.3) is 5.91 Å². The van der Waals surface area contributed by atoms with E-state index in [0.717, 1.165) is 64.5 Å². The quantitative estimate of drug-likeness (QED) is 0.197. The van der Waals surface area contributed by atoms with Gasteiger partial charge in [-0.15, -0.1) is 0 Å². The molecule has 0 N–H and O–H groups in total. The molecule has 0 aliphatic carbocycles. The predicted octanol–water partition coefficient (Wildman–Crippen LogP) is 7.40. The highest BCUT2D eigenvalue weighted by Crippen LogP contribution is 2.21. The van der Waals surface area contributed by atoms with Gasteiger partial charge in [0, 0.05) is 13.1 Å². The van der Waals surface area contributed by atoms with Crippen LogP contribution in [0.5, 0.6) is 0 Å². The van der Waals surface area contributed by atoms with E-state index >= 15 is 0 Å². The van der Waals surface area contributed by atoms with E-state index in [1.165, 1.54) is 25.7 Å². The minimum atomic E-state index is -0.699. The Balaban J connectivity index is 5.26. The fourth-order valence-corrected chi connectivity index (χ4v) is 4.23. The summed E-state index contributed by atoms with van der Waals surface area (Å²) in [4.78, 5) is 28.1. The summed E-state index contributed by atoms with van der Waals surface area (Å²) in [7, 11) is 0. The Kier molecular flexibility index (Phi) is 17.9. The van der Waals surface area contributed by atoms with Crippen molar-refractivity contribution in [1.82, 2.24) is 4.90 Å². The van der Waals surface area contributed by atoms with Gasteiger partial charge in [0.2, 0.25) is 0 Å². The van der Waals surface area contributed by atoms with E-state index in [1.54, 1.807) is 6.92 Å². The van der Waals surface area contributed by atoms with Crippen molar-refractivity contribution in [3.05, 3.63) is 0 Å². The van der Waals surface area contributed by atoms with Crippen LogP contribution in [0.4, 0.5) is 0 Å². The third-order valence-electron chi connectivity index (χ3n) is 6.73. The largest absolute Gasteiger partial charge is 0.452 e. The van der Waals surface area contributed by atoms with Crippen molar-refractivity contribution in [2.45, 2.75) is 132 Å². The molecule has 0 radical (unpaired) electrons. The number of carbonyl (C=O) groups is 2. The number of rotatable bonds is 19. The number of hydrogen-bond donors (Lipinski definition) is 0. The third kappa shape index (κ3) is 12.5. The maximum absolute atomic E-state index is 13.4. The van der Waals surface area contributed by atoms with Crippen molar-refractivity contribution >= 4 is 11.9 Å². The summed E-state index contributed by atoms with van der Waals surface area (Å²) in [6.45, 7) is 16.4. The highest BCUT2D eigenvalue weighted by atomic mass is 16.5. The second kappa shape index (κ2) is 18.5. The van der Waals surface area contributed by atoms with Crippen LogP contribution in [0.3, 0.4) is 0 Å². The summed E-state index contributed by atoms with van der Waals surface area (Å²) in [5.41, 5.74) is 0. The molecule has 0 unspecified atom stereocenters. The highest BCUT2D eigenvalue weighted by molar-refractivity contribution is 5.84. The number of amides is 1. The lowest BCUT2D eigenvalue weighted by molar-refractivity contribution is -0.163. The second-order valence-electron chi connectivity index (χ2n) is 9.40. The van der Waals surface area contributed by atoms with Crippen molar-refractivity contribution in [2.24, 2.45) is 17.8 Å². The van der Waals surface area contributed by atoms with Gasteiger partial charge >= 0.3 is 5.97 Å². The molecule has 0 rings (SSSR count). The first kappa shape index (κ1) is 29.9. The number of unbranched alkanes of at least 4 members (excludes halogenated alkanes) is 3. The van der Waals surface area contributed by atoms with Gasteiger partial charge in [0.1, 0.15) is 0 Å². The summed E-state index contributed by atoms with van der Waals surface area (Å²) in [6, 6.07) is 0. The fraction of sp³-hybridized carbons (Fsp3) is 0.926. The first-order valence-electron chi connectivity index (χ1n) is 13.4. The Bertz CT molecular complexity index is 447. The number of carbonyl (C=O) groups excluding carboxylic acids is 2. The van der Waals surface area contributed by atoms with Crippen molar-refractivity contribution in [2.75, 3.05) is 13.1 Å². The zero-order valence-corrected chi connectivity index (χ0v) is 21.9. The van der Waals surface area contributed by atoms with Crippen molar-refractivity contribution in [3.63, 3.8) is 0 Å². The molecule has 0 bridgehead atoms. The predicted molar refractivity (Wildman–Crippen MR) is 132 cm³/mol. The maximum atomic E-state index is 13.4. The van der Waals surface area contributed by atoms with Gasteiger partial charge in [-0.2, -0.15) is 0 Å². The standard InChI is InChI=1S/C27H53NO3/c1-8-14-17-23(11-4)20-28(21-24(12-5)18-15-9-2)26(29)22(7)31-27(30)25(13-6)19-16-10-3/h22-25H,8-21H2,1-7H3/t22-,23-,24+,25+/m1/s1. The van der Waals surface area contributed by atoms with E-state index in [2.05, 4.69) is 34.6 Å². The maximum Gasteiger partial charge on any atom is 0.309 e. The Morgan fingerprint density at radius 1 is 0.710 bits per heavy atom. The molecule has 184 valence electrons. The van der Waals surface area contributed by atoms with Crippen LogP contribution in [-0.4, -0.2) is 36.0 Å². The number of hydrogen-bond acceptors (Lipinski definition) is 3. The first-order chi connectivity index (χ1) is 14.9. The van der Waals surface area contributed by atoms with E-state index in [0.29, 0.717) is 11.8 Å². The SMILES string of the molecule is CCCC[C@@H](CC)CN(C[C@@H](CC)CCCC)C(=O)[C@@H](C)OC(=O)[C@@H](CC)CCCC. The molecule has 0 saturated carbocycles. The molecule has 0 aliphatic rings. The molecular formula is C27H53NO3. The summed E-state index contributed by atoms with van der Waals surface area (Å²) in [5.74, 6) is 0.729. The topological polar surface area (TPSA) is 46.6 Å². The molecule has 0 aliphatic heterocycles. The minimum absolute atomic E-state index is 0.0106. The molecule has 31 heavy (non-hydrogen) atoms. The van der Waals surface area contributed by atoms with E-state index < -0.39 is 6.10 Å². The van der Waals surface area contributed by atoms with E-state index in [4.69, 9.17) is 4.74 Å². The number of ether oxygens (including phenoxy) is 1. The van der Waals surface area contributed by atoms with Gasteiger partial charge in [0.15, 0.2) is 6.10 Å². The van der Waals surface area contributed by atoms with Gasteiger partial charge in [0.05, 0.1) is 5.92 Å². The van der Waals surface area contributed by atoms with Gasteiger partial charge in [-0.05, 0) is 44.4 Å². The van der Waals surface area contributed by atoms with Crippen LogP contribution < -0.4 is 0 Å². The molecule has 0 heterocycles. The average Bonchev–Trinajstić information content (AvgIpc) is 2.77. The van der Waals surface area contributed by atoms with E-state index in [9.17, 15) is 9.59 Å². The van der Waals surface area contributed by atoms with Crippen LogP contribution >= 0.6 is 0 Å². The van der Waals surface area contributed by atoms with Crippen LogP contribution in [0.25, 0.3) is 0 Å². The lowest BCUT2D eigenvalue weighted by Crippen LogP contribution is -2.45. The van der Waals surface area contributed by atoms with Gasteiger partial charge in [-0.1, -0.05) is 92.9 Å². The van der Waals surface area contributed by atoms with E-state index in [-0.39, 0.29) is 17.8 Å². The van der Waals surface area contributed by atoms with Crippen LogP contribution in [-0.2, 0) is 14.3 Å². The minimum Gasteiger partial charge on any atom is -0.452 e. The monoisotopic (exact) mass is 439 g/mol. The summed E-state index contributed by atoms with van der Waals surface area (Å²) >= 11 is 0. The van der Waals surface area contributed by atoms with Gasteiger partial charge in [-0.25, -0.2) is 0 Å². The van der Waals surface area contributed by atoms with Gasteiger partial charge in [-0.3, -0.25) is 9.59 Å². The summed E-state index contributed by atoms with van der Waals surface area (Å²) < 4.78 is 5.71. The van der Waals surface area contributed by atoms with Gasteiger partial charge < -0.3 is 9.64 Å². The van der Waals surface area contributed by atoms with Crippen LogP contribution in [0.2, 0.25) is 0 Å². The summed E-state index contributed by atoms with van der Waals surface area (Å²) in [5, 5.41) is 0. The lowest BCUT2D eigenvalue weighted by Gasteiger charge is -2.32. The van der Waals surface area contributed by atoms with Crippen LogP contribution in [0.1, 0.15) is 126 Å². The Labute approximate surface area is 193 Å². The molecule has 4 atom stereocenters. The molecule has 4 heteroatoms. The smallest absolute Gasteiger partial charge is 0.309 e. The van der Waals surface area contributed by atoms with Crippen molar-refractivity contribution < 1.29 is 14.3 Å². The number of nitrogens with zero attached hydrogens (tertiary/aromatic N) is 1. The third-order valence-corrected chi connectivity index (χ3v) is 6.73. The normalized spacial score (nSPS) is 15.2. The lowest BCUT2D eigenvalue weighted by atomic mass is 9.95. The molecule has 4 nitrogen and oxygen atoms in total. The molecule has 0 fully saturated rings. The average molecular weight is 440 g/mol. The number of esters is 1. The molecular weight excluding hydrogens is 386 g/mol. The second-order valence-corrected chi connectivity index (χ2v) is 9.40. The molecule has 1 amide bonds. The Hall–Kier alpha value is -1.06. The zero-order chi connectivity index (χ0) is 23.6. The first-order valence-corrected chi connectivity index (χ1v) is 13.4. The Morgan fingerprint density at radius 3 is 1.55 bits per heavy atom. The van der Waals surface area contributed by atoms with E-state index in [1.807, 2.05) is 11.8 Å². The molecule has 0 aromatic rings. The van der Waals surface area contributed by atoms with Crippen molar-refractivity contribution in [3.8, 4) is 0 Å². The molecule has 0 aromatic carbocycles. The van der Waals surface area contributed by atoms with Crippen LogP contribution in [0, 0.1) is 17.8 Å². The van der Waals surface area contributed by atoms with Crippen molar-refractivity contribution in [1.29, 1.82) is 0 Å². The van der Waals surface area contributed by atoms with Crippen LogP contribution in [0.15, 0.2) is 0 Å². The Morgan fingerprint density at radius 2 is 1.16 bits per heavy atom. The molecule has 0 saturated heterocycles. The highest BCUT2D eigenvalue weighted by Gasteiger charge is 2.29. The zero-order valence-electron chi connectivity index (χ0n) is 21.9. The molecule has 0 spiro atoms. The summed E-state index contributed by atoms with van der Waals surface area (Å²) in [6.07, 6.45) is 12.3. The molecule has 0 aromatic heterocycles. The fourth-order valence-electron chi connectivity index (χ4n) is 4.23.